The summed E-state index contributed by atoms with van der Waals surface area (Å²) in [5.74, 6) is -0.849. The van der Waals surface area contributed by atoms with E-state index in [1.54, 1.807) is 24.9 Å². The predicted molar refractivity (Wildman–Crippen MR) is 110 cm³/mol. The lowest BCUT2D eigenvalue weighted by Crippen LogP contribution is -2.45. The number of hydrogen-bond acceptors (Lipinski definition) is 6. The van der Waals surface area contributed by atoms with Crippen LogP contribution >= 0.6 is 0 Å². The maximum Gasteiger partial charge on any atom is 0.309 e. The van der Waals surface area contributed by atoms with Crippen molar-refractivity contribution in [1.82, 2.24) is 15.0 Å². The third-order valence-electron chi connectivity index (χ3n) is 5.25. The van der Waals surface area contributed by atoms with E-state index in [0.717, 1.165) is 11.1 Å². The molecule has 2 heterocycles. The number of hydrogen-bond donors (Lipinski definition) is 0. The molecule has 2 amide bonds. The number of likely N-dealkylation sites (N-methyl/N-ethyl adjacent to an activating group) is 1. The van der Waals surface area contributed by atoms with Gasteiger partial charge in [-0.25, -0.2) is 0 Å². The molecule has 0 atom stereocenters. The molecule has 8 heteroatoms. The van der Waals surface area contributed by atoms with Gasteiger partial charge in [0.2, 0.25) is 11.7 Å². The monoisotopic (exact) mass is 413 g/mol. The minimum absolute atomic E-state index is 0.0660. The van der Waals surface area contributed by atoms with Crippen molar-refractivity contribution >= 4 is 17.8 Å². The van der Waals surface area contributed by atoms with Crippen molar-refractivity contribution in [2.75, 3.05) is 33.3 Å². The molecule has 160 valence electrons. The van der Waals surface area contributed by atoms with E-state index in [4.69, 9.17) is 9.26 Å². The maximum atomic E-state index is 12.6. The minimum atomic E-state index is -0.407. The highest BCUT2D eigenvalue weighted by atomic mass is 16.5. The molecule has 2 aromatic rings. The van der Waals surface area contributed by atoms with E-state index in [2.05, 4.69) is 5.16 Å². The first kappa shape index (κ1) is 21.5. The molecule has 1 aliphatic rings. The molecule has 0 spiro atoms. The lowest BCUT2D eigenvalue weighted by molar-refractivity contribution is -0.151. The average Bonchev–Trinajstić information content (AvgIpc) is 3.24. The first-order valence-electron chi connectivity index (χ1n) is 10.1. The summed E-state index contributed by atoms with van der Waals surface area (Å²) in [6, 6.07) is 9.32. The molecule has 1 aromatic heterocycles. The summed E-state index contributed by atoms with van der Waals surface area (Å²) in [4.78, 5) is 40.0. The Morgan fingerprint density at radius 2 is 1.87 bits per heavy atom. The van der Waals surface area contributed by atoms with Crippen molar-refractivity contribution in [3.05, 3.63) is 41.7 Å². The molecular weight excluding hydrogens is 386 g/mol. The van der Waals surface area contributed by atoms with Gasteiger partial charge in [-0.3, -0.25) is 14.4 Å². The van der Waals surface area contributed by atoms with Crippen LogP contribution in [-0.2, 0) is 14.3 Å². The Balaban J connectivity index is 1.54. The topological polar surface area (TPSA) is 93.0 Å². The molecule has 0 aliphatic carbocycles. The zero-order valence-corrected chi connectivity index (χ0v) is 17.6. The van der Waals surface area contributed by atoms with Crippen molar-refractivity contribution in [2.24, 2.45) is 5.92 Å². The molecule has 3 rings (SSSR count). The molecule has 0 bridgehead atoms. The molecular formula is C22H27N3O5. The largest absolute Gasteiger partial charge is 0.466 e. The Labute approximate surface area is 175 Å². The summed E-state index contributed by atoms with van der Waals surface area (Å²) >= 11 is 0. The first-order chi connectivity index (χ1) is 14.4. The number of aromatic nitrogens is 1. The molecule has 8 nitrogen and oxygen atoms in total. The van der Waals surface area contributed by atoms with Crippen LogP contribution in [0.4, 0.5) is 0 Å². The van der Waals surface area contributed by atoms with Gasteiger partial charge in [-0.15, -0.1) is 0 Å². The van der Waals surface area contributed by atoms with Crippen LogP contribution in [0.1, 0.15) is 35.9 Å². The van der Waals surface area contributed by atoms with Gasteiger partial charge in [0.1, 0.15) is 5.69 Å². The summed E-state index contributed by atoms with van der Waals surface area (Å²) in [6.07, 6.45) is 1.15. The van der Waals surface area contributed by atoms with Gasteiger partial charge in [-0.1, -0.05) is 35.0 Å². The number of likely N-dealkylation sites (tertiary alicyclic amines) is 1. The molecule has 1 aliphatic heterocycles. The van der Waals surface area contributed by atoms with Gasteiger partial charge >= 0.3 is 5.97 Å². The fourth-order valence-corrected chi connectivity index (χ4v) is 3.42. The van der Waals surface area contributed by atoms with E-state index in [9.17, 15) is 14.4 Å². The van der Waals surface area contributed by atoms with Gasteiger partial charge < -0.3 is 19.1 Å². The lowest BCUT2D eigenvalue weighted by Gasteiger charge is -2.31. The smallest absolute Gasteiger partial charge is 0.309 e. The number of carbonyl (C=O) groups is 3. The number of amides is 2. The zero-order valence-electron chi connectivity index (χ0n) is 17.6. The van der Waals surface area contributed by atoms with Crippen LogP contribution in [0, 0.1) is 12.8 Å². The second-order valence-corrected chi connectivity index (χ2v) is 7.51. The molecule has 1 aromatic carbocycles. The fourth-order valence-electron chi connectivity index (χ4n) is 3.42. The summed E-state index contributed by atoms with van der Waals surface area (Å²) in [7, 11) is 1.56. The molecule has 0 radical (unpaired) electrons. The second kappa shape index (κ2) is 9.56. The molecule has 0 N–H and O–H groups in total. The number of piperidine rings is 1. The Hall–Kier alpha value is -3.16. The number of nitrogens with zero attached hydrogens (tertiary/aromatic N) is 3. The van der Waals surface area contributed by atoms with E-state index < -0.39 is 5.91 Å². The van der Waals surface area contributed by atoms with E-state index in [-0.39, 0.29) is 30.1 Å². The highest BCUT2D eigenvalue weighted by molar-refractivity contribution is 5.94. The zero-order chi connectivity index (χ0) is 21.7. The highest BCUT2D eigenvalue weighted by Crippen LogP contribution is 2.21. The van der Waals surface area contributed by atoms with E-state index in [1.165, 1.54) is 4.90 Å². The van der Waals surface area contributed by atoms with E-state index >= 15 is 0 Å². The Morgan fingerprint density at radius 3 is 2.50 bits per heavy atom. The van der Waals surface area contributed by atoms with Gasteiger partial charge in [0.25, 0.3) is 5.91 Å². The first-order valence-corrected chi connectivity index (χ1v) is 10.1. The number of aryl methyl sites for hydroxylation is 1. The summed E-state index contributed by atoms with van der Waals surface area (Å²) in [5, 5.41) is 3.97. The minimum Gasteiger partial charge on any atom is -0.466 e. The number of rotatable bonds is 6. The molecule has 30 heavy (non-hydrogen) atoms. The molecule has 1 fully saturated rings. The molecule has 0 unspecified atom stereocenters. The summed E-state index contributed by atoms with van der Waals surface area (Å²) in [5.41, 5.74) is 2.55. The van der Waals surface area contributed by atoms with E-state index in [1.807, 2.05) is 31.2 Å². The van der Waals surface area contributed by atoms with Crippen molar-refractivity contribution in [1.29, 1.82) is 0 Å². The van der Waals surface area contributed by atoms with Crippen LogP contribution < -0.4 is 0 Å². The summed E-state index contributed by atoms with van der Waals surface area (Å²) in [6.45, 7) is 5.02. The SMILES string of the molecule is CCOC(=O)C1CCN(C(=O)CN(C)C(=O)c2cc(-c3ccc(C)cc3)no2)CC1. The lowest BCUT2D eigenvalue weighted by atomic mass is 9.97. The Kier molecular flexibility index (Phi) is 6.87. The number of benzene rings is 1. The van der Waals surface area contributed by atoms with Crippen molar-refractivity contribution < 1.29 is 23.6 Å². The van der Waals surface area contributed by atoms with Crippen LogP contribution in [-0.4, -0.2) is 66.0 Å². The van der Waals surface area contributed by atoms with Crippen molar-refractivity contribution in [3.63, 3.8) is 0 Å². The van der Waals surface area contributed by atoms with Crippen LogP contribution in [0.2, 0.25) is 0 Å². The number of esters is 1. The third-order valence-corrected chi connectivity index (χ3v) is 5.25. The van der Waals surface area contributed by atoms with Gasteiger partial charge in [-0.05, 0) is 26.7 Å². The predicted octanol–water partition coefficient (Wildman–Crippen LogP) is 2.52. The normalized spacial score (nSPS) is 14.4. The van der Waals surface area contributed by atoms with Gasteiger partial charge in [-0.2, -0.15) is 0 Å². The number of ether oxygens (including phenoxy) is 1. The number of carbonyl (C=O) groups excluding carboxylic acids is 3. The molecule has 1 saturated heterocycles. The fraction of sp³-hybridized carbons (Fsp3) is 0.455. The van der Waals surface area contributed by atoms with Crippen LogP contribution in [0.5, 0.6) is 0 Å². The highest BCUT2D eigenvalue weighted by Gasteiger charge is 2.29. The van der Waals surface area contributed by atoms with Gasteiger partial charge in [0, 0.05) is 31.8 Å². The van der Waals surface area contributed by atoms with Crippen LogP contribution in [0.25, 0.3) is 11.3 Å². The van der Waals surface area contributed by atoms with Gasteiger partial charge in [0.05, 0.1) is 19.1 Å². The second-order valence-electron chi connectivity index (χ2n) is 7.51. The quantitative estimate of drug-likeness (QED) is 0.676. The van der Waals surface area contributed by atoms with Gasteiger partial charge in [0.15, 0.2) is 0 Å². The molecule has 0 saturated carbocycles. The Bertz CT molecular complexity index is 898. The van der Waals surface area contributed by atoms with Crippen LogP contribution in [0.15, 0.2) is 34.9 Å². The van der Waals surface area contributed by atoms with E-state index in [0.29, 0.717) is 38.2 Å². The van der Waals surface area contributed by atoms with Crippen molar-refractivity contribution in [3.8, 4) is 11.3 Å². The third kappa shape index (κ3) is 5.06. The maximum absolute atomic E-state index is 12.6. The standard InChI is InChI=1S/C22H27N3O5/c1-4-29-22(28)17-9-11-25(12-10-17)20(26)14-24(3)21(27)19-13-18(23-30-19)16-7-5-15(2)6-8-16/h5-8,13,17H,4,9-12,14H2,1-3H3. The summed E-state index contributed by atoms with van der Waals surface area (Å²) < 4.78 is 10.3. The average molecular weight is 413 g/mol. The Morgan fingerprint density at radius 1 is 1.20 bits per heavy atom. The van der Waals surface area contributed by atoms with Crippen molar-refractivity contribution in [2.45, 2.75) is 26.7 Å². The van der Waals surface area contributed by atoms with Crippen LogP contribution in [0.3, 0.4) is 0 Å².